The van der Waals surface area contributed by atoms with Crippen LogP contribution in [0.2, 0.25) is 0 Å². The summed E-state index contributed by atoms with van der Waals surface area (Å²) >= 11 is 0. The van der Waals surface area contributed by atoms with Crippen molar-refractivity contribution in [3.8, 4) is 17.2 Å². The minimum atomic E-state index is 0.0269. The maximum absolute atomic E-state index is 6.02. The summed E-state index contributed by atoms with van der Waals surface area (Å²) in [6.07, 6.45) is 0.750. The largest absolute Gasteiger partial charge is 0.493 e. The van der Waals surface area contributed by atoms with E-state index in [2.05, 4.69) is 39.8 Å². The number of nitrogens with two attached hydrogens (primary N) is 1. The summed E-state index contributed by atoms with van der Waals surface area (Å²) in [5.41, 5.74) is 9.22. The van der Waals surface area contributed by atoms with Crippen molar-refractivity contribution in [2.75, 3.05) is 26.9 Å². The van der Waals surface area contributed by atoms with E-state index in [0.29, 0.717) is 19.8 Å². The zero-order valence-electron chi connectivity index (χ0n) is 16.6. The van der Waals surface area contributed by atoms with Gasteiger partial charge >= 0.3 is 0 Å². The number of hydrogen-bond acceptors (Lipinski definition) is 4. The van der Waals surface area contributed by atoms with Crippen LogP contribution in [-0.4, -0.2) is 26.9 Å². The fourth-order valence-corrected chi connectivity index (χ4v) is 2.89. The summed E-state index contributed by atoms with van der Waals surface area (Å²) in [5, 5.41) is 0. The number of hydrogen-bond donors (Lipinski definition) is 1. The van der Waals surface area contributed by atoms with E-state index in [1.54, 1.807) is 7.11 Å². The minimum absolute atomic E-state index is 0.0269. The van der Waals surface area contributed by atoms with Gasteiger partial charge in [-0.2, -0.15) is 0 Å². The molecule has 2 rings (SSSR count). The van der Waals surface area contributed by atoms with Crippen LogP contribution < -0.4 is 19.9 Å². The van der Waals surface area contributed by atoms with Crippen LogP contribution in [0, 0.1) is 6.92 Å². The Hall–Kier alpha value is -2.20. The van der Waals surface area contributed by atoms with Crippen molar-refractivity contribution >= 4 is 0 Å². The van der Waals surface area contributed by atoms with E-state index in [4.69, 9.17) is 19.9 Å². The van der Waals surface area contributed by atoms with E-state index in [9.17, 15) is 0 Å². The highest BCUT2D eigenvalue weighted by atomic mass is 16.5. The Kier molecular flexibility index (Phi) is 6.92. The highest BCUT2D eigenvalue weighted by Gasteiger charge is 2.19. The smallest absolute Gasteiger partial charge is 0.164 e. The molecule has 0 unspecified atom stereocenters. The van der Waals surface area contributed by atoms with E-state index in [0.717, 1.165) is 29.2 Å². The lowest BCUT2D eigenvalue weighted by Crippen LogP contribution is -2.16. The van der Waals surface area contributed by atoms with Crippen molar-refractivity contribution in [3.63, 3.8) is 0 Å². The first-order valence-corrected chi connectivity index (χ1v) is 9.09. The van der Waals surface area contributed by atoms with E-state index in [1.807, 2.05) is 24.3 Å². The van der Waals surface area contributed by atoms with E-state index >= 15 is 0 Å². The van der Waals surface area contributed by atoms with Gasteiger partial charge in [-0.05, 0) is 48.6 Å². The maximum atomic E-state index is 6.02. The number of benzene rings is 2. The number of ether oxygens (including phenoxy) is 3. The van der Waals surface area contributed by atoms with E-state index < -0.39 is 0 Å². The molecule has 142 valence electrons. The third-order valence-electron chi connectivity index (χ3n) is 4.22. The lowest BCUT2D eigenvalue weighted by molar-refractivity contribution is 0.207. The minimum Gasteiger partial charge on any atom is -0.493 e. The highest BCUT2D eigenvalue weighted by Crippen LogP contribution is 2.33. The summed E-state index contributed by atoms with van der Waals surface area (Å²) in [7, 11) is 1.65. The van der Waals surface area contributed by atoms with Gasteiger partial charge in [-0.25, -0.2) is 0 Å². The van der Waals surface area contributed by atoms with Crippen molar-refractivity contribution in [3.05, 3.63) is 53.1 Å². The fourth-order valence-electron chi connectivity index (χ4n) is 2.89. The molecule has 0 spiro atoms. The van der Waals surface area contributed by atoms with Crippen LogP contribution in [0.5, 0.6) is 17.2 Å². The molecule has 0 aliphatic carbocycles. The number of rotatable bonds is 8. The molecule has 0 bridgehead atoms. The van der Waals surface area contributed by atoms with Gasteiger partial charge in [0, 0.05) is 0 Å². The fraction of sp³-hybridized carbons (Fsp3) is 0.455. The Morgan fingerprint density at radius 2 is 1.69 bits per heavy atom. The highest BCUT2D eigenvalue weighted by molar-refractivity contribution is 5.47. The third kappa shape index (κ3) is 5.15. The predicted molar refractivity (Wildman–Crippen MR) is 107 cm³/mol. The Bertz CT molecular complexity index is 720. The van der Waals surface area contributed by atoms with Crippen LogP contribution in [0.4, 0.5) is 0 Å². The van der Waals surface area contributed by atoms with E-state index in [-0.39, 0.29) is 5.41 Å². The second-order valence-corrected chi connectivity index (χ2v) is 7.43. The van der Waals surface area contributed by atoms with Crippen molar-refractivity contribution < 1.29 is 14.2 Å². The molecule has 2 N–H and O–H groups in total. The summed E-state index contributed by atoms with van der Waals surface area (Å²) in [6, 6.07) is 12.2. The third-order valence-corrected chi connectivity index (χ3v) is 4.22. The Balaban J connectivity index is 2.04. The van der Waals surface area contributed by atoms with Crippen molar-refractivity contribution in [1.82, 2.24) is 0 Å². The Labute approximate surface area is 157 Å². The molecule has 2 aromatic carbocycles. The number of aryl methyl sites for hydroxylation is 1. The van der Waals surface area contributed by atoms with Crippen LogP contribution >= 0.6 is 0 Å². The average molecular weight is 357 g/mol. The second-order valence-electron chi connectivity index (χ2n) is 7.43. The summed E-state index contributed by atoms with van der Waals surface area (Å²) in [5.74, 6) is 2.39. The SMILES string of the molecule is COc1cccc(CCN)c1OCCOc1ccc(C)cc1C(C)(C)C. The molecule has 4 nitrogen and oxygen atoms in total. The van der Waals surface area contributed by atoms with Crippen molar-refractivity contribution in [2.45, 2.75) is 39.5 Å². The van der Waals surface area contributed by atoms with Crippen LogP contribution in [0.1, 0.15) is 37.5 Å². The van der Waals surface area contributed by atoms with Crippen molar-refractivity contribution in [1.29, 1.82) is 0 Å². The van der Waals surface area contributed by atoms with Gasteiger partial charge in [0.1, 0.15) is 19.0 Å². The molecule has 4 heteroatoms. The topological polar surface area (TPSA) is 53.7 Å². The van der Waals surface area contributed by atoms with Gasteiger partial charge in [0.2, 0.25) is 0 Å². The monoisotopic (exact) mass is 357 g/mol. The molecule has 0 saturated heterocycles. The molecule has 2 aromatic rings. The maximum Gasteiger partial charge on any atom is 0.164 e. The van der Waals surface area contributed by atoms with Gasteiger partial charge in [-0.1, -0.05) is 50.6 Å². The van der Waals surface area contributed by atoms with Gasteiger partial charge in [0.25, 0.3) is 0 Å². The van der Waals surface area contributed by atoms with Crippen LogP contribution in [-0.2, 0) is 11.8 Å². The average Bonchev–Trinajstić information content (AvgIpc) is 2.60. The molecule has 0 amide bonds. The zero-order chi connectivity index (χ0) is 19.2. The second kappa shape index (κ2) is 8.95. The summed E-state index contributed by atoms with van der Waals surface area (Å²) in [6.45, 7) is 10.2. The number of methoxy groups -OCH3 is 1. The van der Waals surface area contributed by atoms with Crippen LogP contribution in [0.15, 0.2) is 36.4 Å². The predicted octanol–water partition coefficient (Wildman–Crippen LogP) is 4.26. The van der Waals surface area contributed by atoms with Crippen molar-refractivity contribution in [2.24, 2.45) is 5.73 Å². The van der Waals surface area contributed by atoms with Gasteiger partial charge < -0.3 is 19.9 Å². The zero-order valence-corrected chi connectivity index (χ0v) is 16.6. The quantitative estimate of drug-likeness (QED) is 0.717. The normalized spacial score (nSPS) is 11.3. The molecular weight excluding hydrogens is 326 g/mol. The molecular formula is C22H31NO3. The van der Waals surface area contributed by atoms with Gasteiger partial charge in [0.05, 0.1) is 7.11 Å². The molecule has 0 aliphatic heterocycles. The lowest BCUT2D eigenvalue weighted by atomic mass is 9.85. The molecule has 0 radical (unpaired) electrons. The van der Waals surface area contributed by atoms with Crippen LogP contribution in [0.25, 0.3) is 0 Å². The lowest BCUT2D eigenvalue weighted by Gasteiger charge is -2.23. The Morgan fingerprint density at radius 1 is 0.962 bits per heavy atom. The summed E-state index contributed by atoms with van der Waals surface area (Å²) < 4.78 is 17.4. The molecule has 0 aliphatic rings. The molecule has 0 saturated carbocycles. The first-order valence-electron chi connectivity index (χ1n) is 9.09. The summed E-state index contributed by atoms with van der Waals surface area (Å²) in [4.78, 5) is 0. The molecule has 0 heterocycles. The van der Waals surface area contributed by atoms with Gasteiger partial charge in [-0.3, -0.25) is 0 Å². The molecule has 0 fully saturated rings. The standard InChI is InChI=1S/C22H31NO3/c1-16-9-10-19(18(15-16)22(2,3)4)25-13-14-26-21-17(11-12-23)7-6-8-20(21)24-5/h6-10,15H,11-14,23H2,1-5H3. The Morgan fingerprint density at radius 3 is 2.35 bits per heavy atom. The first kappa shape index (κ1) is 20.1. The van der Waals surface area contributed by atoms with E-state index in [1.165, 1.54) is 11.1 Å². The molecule has 0 aromatic heterocycles. The first-order chi connectivity index (χ1) is 12.4. The molecule has 0 atom stereocenters. The van der Waals surface area contributed by atoms with Gasteiger partial charge in [-0.15, -0.1) is 0 Å². The van der Waals surface area contributed by atoms with Crippen LogP contribution in [0.3, 0.4) is 0 Å². The number of para-hydroxylation sites is 1. The molecule has 26 heavy (non-hydrogen) atoms. The van der Waals surface area contributed by atoms with Gasteiger partial charge in [0.15, 0.2) is 11.5 Å².